The van der Waals surface area contributed by atoms with E-state index in [1.54, 1.807) is 25.1 Å². The third-order valence-electron chi connectivity index (χ3n) is 2.13. The summed E-state index contributed by atoms with van der Waals surface area (Å²) < 4.78 is 15.3. The van der Waals surface area contributed by atoms with E-state index in [0.717, 1.165) is 11.3 Å². The average Bonchev–Trinajstić information content (AvgIpc) is 2.29. The van der Waals surface area contributed by atoms with E-state index < -0.39 is 0 Å². The Morgan fingerprint density at radius 1 is 1.53 bits per heavy atom. The second kappa shape index (κ2) is 4.31. The van der Waals surface area contributed by atoms with Gasteiger partial charge in [-0.3, -0.25) is 0 Å². The summed E-state index contributed by atoms with van der Waals surface area (Å²) >= 11 is 0. The van der Waals surface area contributed by atoms with Gasteiger partial charge >= 0.3 is 5.97 Å². The zero-order valence-electron chi connectivity index (χ0n) is 8.49. The number of hydrogen-bond acceptors (Lipinski definition) is 4. The van der Waals surface area contributed by atoms with Crippen LogP contribution in [0.4, 0.5) is 0 Å². The Hall–Kier alpha value is -1.55. The number of rotatable bonds is 2. The first-order valence-electron chi connectivity index (χ1n) is 4.82. The highest BCUT2D eigenvalue weighted by atomic mass is 16.7. The highest BCUT2D eigenvalue weighted by molar-refractivity contribution is 5.89. The van der Waals surface area contributed by atoms with Gasteiger partial charge in [-0.1, -0.05) is 0 Å². The fourth-order valence-electron chi connectivity index (χ4n) is 1.43. The van der Waals surface area contributed by atoms with E-state index in [2.05, 4.69) is 0 Å². The first-order valence-corrected chi connectivity index (χ1v) is 4.82. The summed E-state index contributed by atoms with van der Waals surface area (Å²) in [6, 6.07) is 5.21. The fourth-order valence-corrected chi connectivity index (χ4v) is 1.43. The number of hydrogen-bond donors (Lipinski definition) is 0. The Bertz CT molecular complexity index is 373. The van der Waals surface area contributed by atoms with Crippen LogP contribution in [0.5, 0.6) is 5.75 Å². The third kappa shape index (κ3) is 2.10. The van der Waals surface area contributed by atoms with Gasteiger partial charge in [-0.25, -0.2) is 4.79 Å². The molecule has 0 spiro atoms. The number of fused-ring (bicyclic) bond motifs is 1. The molecule has 4 nitrogen and oxygen atoms in total. The minimum atomic E-state index is -0.314. The Morgan fingerprint density at radius 3 is 3.20 bits per heavy atom. The number of benzene rings is 1. The van der Waals surface area contributed by atoms with Crippen LogP contribution < -0.4 is 4.74 Å². The zero-order valence-corrected chi connectivity index (χ0v) is 8.49. The van der Waals surface area contributed by atoms with Gasteiger partial charge in [0.25, 0.3) is 0 Å². The van der Waals surface area contributed by atoms with Crippen molar-refractivity contribution < 1.29 is 19.0 Å². The average molecular weight is 208 g/mol. The van der Waals surface area contributed by atoms with Crippen LogP contribution in [0.1, 0.15) is 22.8 Å². The molecular formula is C11H12O4. The molecule has 0 fully saturated rings. The molecule has 2 rings (SSSR count). The van der Waals surface area contributed by atoms with E-state index in [-0.39, 0.29) is 12.8 Å². The van der Waals surface area contributed by atoms with Crippen LogP contribution in [0.15, 0.2) is 18.2 Å². The Labute approximate surface area is 87.8 Å². The minimum absolute atomic E-state index is 0.270. The van der Waals surface area contributed by atoms with E-state index in [9.17, 15) is 4.79 Å². The summed E-state index contributed by atoms with van der Waals surface area (Å²) in [4.78, 5) is 11.4. The smallest absolute Gasteiger partial charge is 0.338 e. The molecule has 1 aromatic carbocycles. The monoisotopic (exact) mass is 208 g/mol. The van der Waals surface area contributed by atoms with E-state index in [4.69, 9.17) is 14.2 Å². The molecule has 80 valence electrons. The molecule has 1 aliphatic rings. The summed E-state index contributed by atoms with van der Waals surface area (Å²) in [6.07, 6.45) is 0. The molecule has 0 bridgehead atoms. The van der Waals surface area contributed by atoms with Gasteiger partial charge in [0, 0.05) is 5.56 Å². The molecule has 0 aliphatic carbocycles. The largest absolute Gasteiger partial charge is 0.467 e. The maximum atomic E-state index is 11.4. The van der Waals surface area contributed by atoms with E-state index in [0.29, 0.717) is 18.8 Å². The van der Waals surface area contributed by atoms with Crippen molar-refractivity contribution in [3.8, 4) is 5.75 Å². The Balaban J connectivity index is 2.24. The van der Waals surface area contributed by atoms with Crippen LogP contribution in [0.2, 0.25) is 0 Å². The molecule has 1 aliphatic heterocycles. The molecule has 15 heavy (non-hydrogen) atoms. The molecule has 4 heteroatoms. The standard InChI is InChI=1S/C11H12O4/c1-2-14-11(12)8-3-4-10-9(5-8)6-13-7-15-10/h3-5H,2,6-7H2,1H3. The fraction of sp³-hybridized carbons (Fsp3) is 0.364. The Morgan fingerprint density at radius 2 is 2.40 bits per heavy atom. The maximum absolute atomic E-state index is 11.4. The zero-order chi connectivity index (χ0) is 10.7. The lowest BCUT2D eigenvalue weighted by molar-refractivity contribution is -0.0164. The first-order chi connectivity index (χ1) is 7.31. The summed E-state index contributed by atoms with van der Waals surface area (Å²) in [7, 11) is 0. The van der Waals surface area contributed by atoms with Gasteiger partial charge in [0.05, 0.1) is 18.8 Å². The summed E-state index contributed by atoms with van der Waals surface area (Å²) in [5.41, 5.74) is 1.41. The van der Waals surface area contributed by atoms with Crippen molar-refractivity contribution in [1.29, 1.82) is 0 Å². The summed E-state index contributed by atoms with van der Waals surface area (Å²) in [5, 5.41) is 0. The normalized spacial score (nSPS) is 13.9. The SMILES string of the molecule is CCOC(=O)c1ccc2c(c1)COCO2. The molecule has 0 N–H and O–H groups in total. The lowest BCUT2D eigenvalue weighted by Crippen LogP contribution is -2.13. The summed E-state index contributed by atoms with van der Waals surface area (Å²) in [6.45, 7) is 2.90. The molecule has 0 atom stereocenters. The van der Waals surface area contributed by atoms with Crippen molar-refractivity contribution in [2.24, 2.45) is 0 Å². The number of esters is 1. The number of carbonyl (C=O) groups excluding carboxylic acids is 1. The molecular weight excluding hydrogens is 196 g/mol. The van der Waals surface area contributed by atoms with Gasteiger partial charge in [-0.2, -0.15) is 0 Å². The highest BCUT2D eigenvalue weighted by Gasteiger charge is 2.14. The molecule has 0 amide bonds. The van der Waals surface area contributed by atoms with Gasteiger partial charge < -0.3 is 14.2 Å². The van der Waals surface area contributed by atoms with Crippen LogP contribution in [-0.2, 0) is 16.1 Å². The lowest BCUT2D eigenvalue weighted by atomic mass is 10.1. The predicted molar refractivity (Wildman–Crippen MR) is 52.7 cm³/mol. The lowest BCUT2D eigenvalue weighted by Gasteiger charge is -2.17. The van der Waals surface area contributed by atoms with Gasteiger partial charge in [0.2, 0.25) is 0 Å². The van der Waals surface area contributed by atoms with Crippen LogP contribution in [0.25, 0.3) is 0 Å². The first kappa shape index (κ1) is 9.98. The van der Waals surface area contributed by atoms with Gasteiger partial charge in [-0.15, -0.1) is 0 Å². The Kier molecular flexibility index (Phi) is 2.87. The third-order valence-corrected chi connectivity index (χ3v) is 2.13. The summed E-state index contributed by atoms with van der Waals surface area (Å²) in [5.74, 6) is 0.458. The molecule has 0 aromatic heterocycles. The van der Waals surface area contributed by atoms with E-state index in [1.807, 2.05) is 0 Å². The van der Waals surface area contributed by atoms with E-state index in [1.165, 1.54) is 0 Å². The maximum Gasteiger partial charge on any atom is 0.338 e. The van der Waals surface area contributed by atoms with Gasteiger partial charge in [0.1, 0.15) is 5.75 Å². The van der Waals surface area contributed by atoms with Crippen molar-refractivity contribution in [2.75, 3.05) is 13.4 Å². The van der Waals surface area contributed by atoms with Crippen LogP contribution in [-0.4, -0.2) is 19.4 Å². The van der Waals surface area contributed by atoms with Crippen molar-refractivity contribution in [3.63, 3.8) is 0 Å². The van der Waals surface area contributed by atoms with Gasteiger partial charge in [0.15, 0.2) is 6.79 Å². The number of carbonyl (C=O) groups is 1. The molecule has 1 aromatic rings. The molecule has 0 unspecified atom stereocenters. The minimum Gasteiger partial charge on any atom is -0.467 e. The molecule has 0 saturated heterocycles. The molecule has 0 radical (unpaired) electrons. The van der Waals surface area contributed by atoms with Crippen molar-refractivity contribution in [1.82, 2.24) is 0 Å². The van der Waals surface area contributed by atoms with Crippen LogP contribution in [0, 0.1) is 0 Å². The van der Waals surface area contributed by atoms with Crippen LogP contribution in [0.3, 0.4) is 0 Å². The number of ether oxygens (including phenoxy) is 3. The van der Waals surface area contributed by atoms with Crippen molar-refractivity contribution in [3.05, 3.63) is 29.3 Å². The topological polar surface area (TPSA) is 44.8 Å². The van der Waals surface area contributed by atoms with Crippen LogP contribution >= 0.6 is 0 Å². The second-order valence-corrected chi connectivity index (χ2v) is 3.15. The quantitative estimate of drug-likeness (QED) is 0.694. The molecule has 1 heterocycles. The predicted octanol–water partition coefficient (Wildman–Crippen LogP) is 1.73. The molecule has 0 saturated carbocycles. The van der Waals surface area contributed by atoms with Crippen molar-refractivity contribution in [2.45, 2.75) is 13.5 Å². The second-order valence-electron chi connectivity index (χ2n) is 3.15. The van der Waals surface area contributed by atoms with E-state index >= 15 is 0 Å². The van der Waals surface area contributed by atoms with Crippen molar-refractivity contribution >= 4 is 5.97 Å². The van der Waals surface area contributed by atoms with Gasteiger partial charge in [-0.05, 0) is 25.1 Å². The highest BCUT2D eigenvalue weighted by Crippen LogP contribution is 2.24.